The van der Waals surface area contributed by atoms with E-state index in [4.69, 9.17) is 4.74 Å². The number of thioether (sulfide) groups is 1. The van der Waals surface area contributed by atoms with Crippen molar-refractivity contribution >= 4 is 35.1 Å². The minimum Gasteiger partial charge on any atom is -0.463 e. The Kier molecular flexibility index (Phi) is 8.02. The van der Waals surface area contributed by atoms with E-state index in [1.54, 1.807) is 25.2 Å². The van der Waals surface area contributed by atoms with Crippen molar-refractivity contribution < 1.29 is 14.3 Å². The second-order valence-corrected chi connectivity index (χ2v) is 9.74. The Morgan fingerprint density at radius 2 is 2.03 bits per heavy atom. The van der Waals surface area contributed by atoms with E-state index in [0.29, 0.717) is 23.4 Å². The van der Waals surface area contributed by atoms with E-state index in [-0.39, 0.29) is 12.6 Å². The molecule has 0 bridgehead atoms. The summed E-state index contributed by atoms with van der Waals surface area (Å²) in [7, 11) is 0. The first kappa shape index (κ1) is 24.0. The van der Waals surface area contributed by atoms with Crippen LogP contribution in [0.15, 0.2) is 64.3 Å². The molecule has 0 saturated heterocycles. The quantitative estimate of drug-likeness (QED) is 0.327. The van der Waals surface area contributed by atoms with Gasteiger partial charge in [0.2, 0.25) is 0 Å². The molecule has 2 amide bonds. The molecule has 0 aliphatic carbocycles. The molecule has 1 unspecified atom stereocenters. The zero-order valence-electron chi connectivity index (χ0n) is 19.1. The van der Waals surface area contributed by atoms with Crippen molar-refractivity contribution in [3.05, 3.63) is 75.4 Å². The molecule has 1 aliphatic heterocycles. The van der Waals surface area contributed by atoms with Crippen LogP contribution >= 0.6 is 23.1 Å². The van der Waals surface area contributed by atoms with Crippen molar-refractivity contribution in [3.63, 3.8) is 0 Å². The molecule has 3 aromatic rings. The predicted molar refractivity (Wildman–Crippen MR) is 133 cm³/mol. The molecule has 10 heteroatoms. The SMILES string of the molecule is CCOC(=O)C1=C(CSc2nnc(Cc3cccs3)n2CCc2ccccc2)NC(=O)NC1C. The molecule has 8 nitrogen and oxygen atoms in total. The van der Waals surface area contributed by atoms with Gasteiger partial charge in [0.1, 0.15) is 5.82 Å². The zero-order valence-corrected chi connectivity index (χ0v) is 20.7. The maximum Gasteiger partial charge on any atom is 0.337 e. The van der Waals surface area contributed by atoms with E-state index in [2.05, 4.69) is 49.0 Å². The second-order valence-electron chi connectivity index (χ2n) is 7.76. The average Bonchev–Trinajstić information content (AvgIpc) is 3.47. The van der Waals surface area contributed by atoms with Gasteiger partial charge in [0.05, 0.1) is 18.2 Å². The van der Waals surface area contributed by atoms with Gasteiger partial charge in [-0.3, -0.25) is 0 Å². The lowest BCUT2D eigenvalue weighted by Gasteiger charge is -2.26. The Hall–Kier alpha value is -3.11. The van der Waals surface area contributed by atoms with Gasteiger partial charge in [0.15, 0.2) is 5.16 Å². The van der Waals surface area contributed by atoms with Crippen LogP contribution in [0.25, 0.3) is 0 Å². The molecule has 2 N–H and O–H groups in total. The summed E-state index contributed by atoms with van der Waals surface area (Å²) in [6.07, 6.45) is 1.55. The fraction of sp³-hybridized carbons (Fsp3) is 0.333. The van der Waals surface area contributed by atoms with E-state index in [0.717, 1.165) is 23.9 Å². The summed E-state index contributed by atoms with van der Waals surface area (Å²) in [6.45, 7) is 4.53. The van der Waals surface area contributed by atoms with Crippen molar-refractivity contribution in [3.8, 4) is 0 Å². The number of amides is 2. The molecule has 2 aromatic heterocycles. The van der Waals surface area contributed by atoms with Crippen LogP contribution in [0.2, 0.25) is 0 Å². The van der Waals surface area contributed by atoms with Crippen molar-refractivity contribution in [2.45, 2.75) is 44.4 Å². The number of benzene rings is 1. The predicted octanol–water partition coefficient (Wildman–Crippen LogP) is 3.78. The number of hydrogen-bond acceptors (Lipinski definition) is 7. The fourth-order valence-corrected chi connectivity index (χ4v) is 5.42. The molecular formula is C24H27N5O3S2. The summed E-state index contributed by atoms with van der Waals surface area (Å²) < 4.78 is 7.35. The van der Waals surface area contributed by atoms with Gasteiger partial charge in [-0.2, -0.15) is 0 Å². The van der Waals surface area contributed by atoms with Gasteiger partial charge in [0, 0.05) is 29.3 Å². The number of rotatable bonds is 10. The summed E-state index contributed by atoms with van der Waals surface area (Å²) in [5, 5.41) is 17.2. The number of aromatic nitrogens is 3. The largest absolute Gasteiger partial charge is 0.463 e. The van der Waals surface area contributed by atoms with Gasteiger partial charge >= 0.3 is 12.0 Å². The van der Waals surface area contributed by atoms with Crippen LogP contribution in [-0.2, 0) is 28.9 Å². The Labute approximate surface area is 206 Å². The first-order chi connectivity index (χ1) is 16.5. The lowest BCUT2D eigenvalue weighted by molar-refractivity contribution is -0.138. The zero-order chi connectivity index (χ0) is 23.9. The number of ether oxygens (including phenoxy) is 1. The van der Waals surface area contributed by atoms with Crippen LogP contribution in [0.3, 0.4) is 0 Å². The van der Waals surface area contributed by atoms with Crippen LogP contribution in [0, 0.1) is 0 Å². The van der Waals surface area contributed by atoms with Gasteiger partial charge in [-0.25, -0.2) is 9.59 Å². The van der Waals surface area contributed by atoms with Crippen molar-refractivity contribution in [2.24, 2.45) is 0 Å². The summed E-state index contributed by atoms with van der Waals surface area (Å²) in [6, 6.07) is 13.7. The van der Waals surface area contributed by atoms with E-state index >= 15 is 0 Å². The molecule has 0 radical (unpaired) electrons. The molecule has 34 heavy (non-hydrogen) atoms. The van der Waals surface area contributed by atoms with Gasteiger partial charge in [0.25, 0.3) is 0 Å². The third kappa shape index (κ3) is 5.87. The van der Waals surface area contributed by atoms with Crippen LogP contribution in [0.5, 0.6) is 0 Å². The van der Waals surface area contributed by atoms with Gasteiger partial charge < -0.3 is 19.9 Å². The molecule has 1 aliphatic rings. The highest BCUT2D eigenvalue weighted by molar-refractivity contribution is 7.99. The minimum absolute atomic E-state index is 0.267. The standard InChI is InChI=1S/C24H27N5O3S2/c1-3-32-22(30)21-16(2)25-23(31)26-19(21)15-34-24-28-27-20(14-18-10-7-13-33-18)29(24)12-11-17-8-5-4-6-9-17/h4-10,13,16H,3,11-12,14-15H2,1-2H3,(H2,25,26,31). The highest BCUT2D eigenvalue weighted by Gasteiger charge is 2.30. The minimum atomic E-state index is -0.436. The van der Waals surface area contributed by atoms with E-state index in [1.165, 1.54) is 22.2 Å². The number of esters is 1. The lowest BCUT2D eigenvalue weighted by atomic mass is 10.1. The lowest BCUT2D eigenvalue weighted by Crippen LogP contribution is -2.49. The number of carbonyl (C=O) groups is 2. The molecule has 1 atom stereocenters. The number of carbonyl (C=O) groups excluding carboxylic acids is 2. The Morgan fingerprint density at radius 3 is 2.76 bits per heavy atom. The summed E-state index contributed by atoms with van der Waals surface area (Å²) in [5.74, 6) is 0.833. The van der Waals surface area contributed by atoms with Crippen LogP contribution in [0.4, 0.5) is 4.79 Å². The maximum atomic E-state index is 12.5. The van der Waals surface area contributed by atoms with E-state index < -0.39 is 12.0 Å². The number of thiophene rings is 1. The number of nitrogens with zero attached hydrogens (tertiary/aromatic N) is 3. The summed E-state index contributed by atoms with van der Waals surface area (Å²) >= 11 is 3.14. The normalized spacial score (nSPS) is 15.7. The highest BCUT2D eigenvalue weighted by atomic mass is 32.2. The fourth-order valence-electron chi connectivity index (χ4n) is 3.77. The molecule has 0 saturated carbocycles. The topological polar surface area (TPSA) is 98.1 Å². The first-order valence-corrected chi connectivity index (χ1v) is 13.0. The third-order valence-electron chi connectivity index (χ3n) is 5.38. The molecular weight excluding hydrogens is 470 g/mol. The Balaban J connectivity index is 1.57. The van der Waals surface area contributed by atoms with Gasteiger partial charge in [-0.1, -0.05) is 48.2 Å². The number of nitrogens with one attached hydrogen (secondary N) is 2. The monoisotopic (exact) mass is 497 g/mol. The number of aryl methyl sites for hydroxylation is 1. The van der Waals surface area contributed by atoms with Crippen molar-refractivity contribution in [1.29, 1.82) is 0 Å². The van der Waals surface area contributed by atoms with Crippen LogP contribution in [-0.4, -0.2) is 45.2 Å². The van der Waals surface area contributed by atoms with Gasteiger partial charge in [-0.15, -0.1) is 21.5 Å². The third-order valence-corrected chi connectivity index (χ3v) is 7.25. The van der Waals surface area contributed by atoms with Crippen LogP contribution in [0.1, 0.15) is 30.1 Å². The molecule has 178 valence electrons. The van der Waals surface area contributed by atoms with Crippen molar-refractivity contribution in [1.82, 2.24) is 25.4 Å². The Morgan fingerprint density at radius 1 is 1.21 bits per heavy atom. The van der Waals surface area contributed by atoms with Crippen LogP contribution < -0.4 is 10.6 Å². The molecule has 0 fully saturated rings. The van der Waals surface area contributed by atoms with Crippen molar-refractivity contribution in [2.75, 3.05) is 12.4 Å². The molecule has 1 aromatic carbocycles. The molecule has 4 rings (SSSR count). The van der Waals surface area contributed by atoms with Gasteiger partial charge in [-0.05, 0) is 37.3 Å². The summed E-state index contributed by atoms with van der Waals surface area (Å²) in [5.41, 5.74) is 2.21. The second kappa shape index (κ2) is 11.3. The highest BCUT2D eigenvalue weighted by Crippen LogP contribution is 2.25. The molecule has 3 heterocycles. The first-order valence-electron chi connectivity index (χ1n) is 11.1. The maximum absolute atomic E-state index is 12.5. The Bertz CT molecular complexity index is 1160. The van der Waals surface area contributed by atoms with E-state index in [1.807, 2.05) is 24.3 Å². The summed E-state index contributed by atoms with van der Waals surface area (Å²) in [4.78, 5) is 25.8. The number of hydrogen-bond donors (Lipinski definition) is 2. The average molecular weight is 498 g/mol. The smallest absolute Gasteiger partial charge is 0.337 e. The molecule has 0 spiro atoms. The number of urea groups is 1. The van der Waals surface area contributed by atoms with E-state index in [9.17, 15) is 9.59 Å².